The van der Waals surface area contributed by atoms with Gasteiger partial charge in [-0.2, -0.15) is 0 Å². The van der Waals surface area contributed by atoms with Crippen LogP contribution in [0.1, 0.15) is 22.5 Å². The van der Waals surface area contributed by atoms with E-state index >= 15 is 0 Å². The van der Waals surface area contributed by atoms with Crippen LogP contribution in [0.4, 0.5) is 10.1 Å². The number of thiophene rings is 1. The summed E-state index contributed by atoms with van der Waals surface area (Å²) in [5.41, 5.74) is 9.10. The third kappa shape index (κ3) is 3.81. The smallest absolute Gasteiger partial charge is 0.408 e. The molecule has 0 unspecified atom stereocenters. The number of nitrogens with zero attached hydrogens (tertiary/aromatic N) is 3. The van der Waals surface area contributed by atoms with E-state index < -0.39 is 11.6 Å². The van der Waals surface area contributed by atoms with Gasteiger partial charge in [0.05, 0.1) is 17.0 Å². The summed E-state index contributed by atoms with van der Waals surface area (Å²) in [4.78, 5) is 31.5. The van der Waals surface area contributed by atoms with E-state index in [1.54, 1.807) is 30.1 Å². The zero-order valence-corrected chi connectivity index (χ0v) is 19.2. The average Bonchev–Trinajstić information content (AvgIpc) is 3.40. The highest BCUT2D eigenvalue weighted by atomic mass is 32.1. The minimum atomic E-state index is -0.618. The fourth-order valence-electron chi connectivity index (χ4n) is 4.31. The van der Waals surface area contributed by atoms with Gasteiger partial charge in [0, 0.05) is 36.6 Å². The third-order valence-corrected chi connectivity index (χ3v) is 7.29. The Morgan fingerprint density at radius 1 is 1.24 bits per heavy atom. The number of hydrogen-bond acceptors (Lipinski definition) is 5. The number of benzene rings is 2. The van der Waals surface area contributed by atoms with E-state index in [0.29, 0.717) is 40.2 Å². The molecule has 172 valence electrons. The number of carbonyl (C=O) groups is 1. The Morgan fingerprint density at radius 3 is 2.76 bits per heavy atom. The number of fused-ring (bicyclic) bond motifs is 1. The normalized spacial score (nSPS) is 16.1. The highest BCUT2D eigenvalue weighted by molar-refractivity contribution is 7.18. The van der Waals surface area contributed by atoms with Gasteiger partial charge in [-0.1, -0.05) is 12.1 Å². The highest BCUT2D eigenvalue weighted by Crippen LogP contribution is 2.41. The minimum Gasteiger partial charge on any atom is -0.408 e. The Morgan fingerprint density at radius 2 is 2.03 bits per heavy atom. The molecule has 7 nitrogen and oxygen atoms in total. The lowest BCUT2D eigenvalue weighted by Gasteiger charge is -2.30. The quantitative estimate of drug-likeness (QED) is 0.431. The molecular weight excluding hydrogens is 455 g/mol. The van der Waals surface area contributed by atoms with Crippen molar-refractivity contribution in [3.63, 3.8) is 0 Å². The second-order valence-electron chi connectivity index (χ2n) is 8.39. The Hall–Kier alpha value is -3.74. The number of nitrogens with two attached hydrogens (primary N) is 1. The van der Waals surface area contributed by atoms with Gasteiger partial charge in [-0.15, -0.1) is 11.3 Å². The average molecular weight is 477 g/mol. The summed E-state index contributed by atoms with van der Waals surface area (Å²) in [7, 11) is 1.63. The van der Waals surface area contributed by atoms with Crippen LogP contribution in [0.2, 0.25) is 0 Å². The number of amides is 1. The molecule has 1 aliphatic rings. The van der Waals surface area contributed by atoms with Crippen LogP contribution in [0, 0.1) is 12.4 Å². The summed E-state index contributed by atoms with van der Waals surface area (Å²) in [6.45, 7) is 8.26. The van der Waals surface area contributed by atoms with E-state index in [9.17, 15) is 14.0 Å². The number of halogens is 1. The molecule has 0 aliphatic carbocycles. The molecule has 2 N–H and O–H groups in total. The topological polar surface area (TPSA) is 85.8 Å². The third-order valence-electron chi connectivity index (χ3n) is 6.12. The Balaban J connectivity index is 1.66. The molecule has 5 rings (SSSR count). The molecule has 1 fully saturated rings. The first kappa shape index (κ1) is 22.1. The number of rotatable bonds is 3. The maximum atomic E-state index is 14.5. The zero-order valence-electron chi connectivity index (χ0n) is 18.4. The monoisotopic (exact) mass is 476 g/mol. The van der Waals surface area contributed by atoms with Crippen molar-refractivity contribution in [1.29, 1.82) is 0 Å². The molecule has 3 heterocycles. The molecule has 0 saturated carbocycles. The van der Waals surface area contributed by atoms with Crippen LogP contribution >= 0.6 is 11.3 Å². The van der Waals surface area contributed by atoms with Crippen LogP contribution < -0.4 is 11.5 Å². The van der Waals surface area contributed by atoms with Gasteiger partial charge in [-0.25, -0.2) is 14.0 Å². The van der Waals surface area contributed by atoms with Crippen molar-refractivity contribution in [2.45, 2.75) is 18.9 Å². The van der Waals surface area contributed by atoms with Crippen LogP contribution in [0.3, 0.4) is 0 Å². The van der Waals surface area contributed by atoms with Crippen LogP contribution in [-0.2, 0) is 7.05 Å². The number of likely N-dealkylation sites (tertiary alicyclic amines) is 1. The number of hydrogen-bond donors (Lipinski definition) is 1. The molecule has 2 aromatic heterocycles. The summed E-state index contributed by atoms with van der Waals surface area (Å²) < 4.78 is 21.1. The largest absolute Gasteiger partial charge is 0.419 e. The maximum absolute atomic E-state index is 14.5. The van der Waals surface area contributed by atoms with Gasteiger partial charge in [0.2, 0.25) is 5.69 Å². The SMILES string of the molecule is [C-]#[N+]c1ccc(-c2cc(C(=O)N3CCC[C@@H](N)C3)sc2-c2ccc3oc(=O)n(C)c3c2)cc1F. The number of piperidine rings is 1. The van der Waals surface area contributed by atoms with Crippen LogP contribution in [0.15, 0.2) is 51.7 Å². The standard InChI is InChI=1S/C25H21FN4O3S/c1-28-19-7-5-14(10-18(19)26)17-12-22(24(31)30-9-3-4-16(27)13-30)34-23(17)15-6-8-21-20(11-15)29(2)25(32)33-21/h5-8,10-12,16H,3-4,9,13,27H2,2H3/t16-/m1/s1. The lowest BCUT2D eigenvalue weighted by molar-refractivity contribution is 0.0714. The Kier molecular flexibility index (Phi) is 5.55. The van der Waals surface area contributed by atoms with E-state index in [-0.39, 0.29) is 17.6 Å². The van der Waals surface area contributed by atoms with Crippen LogP contribution in [0.5, 0.6) is 0 Å². The van der Waals surface area contributed by atoms with E-state index in [1.807, 2.05) is 12.1 Å². The molecule has 0 bridgehead atoms. The van der Waals surface area contributed by atoms with Gasteiger partial charge in [0.15, 0.2) is 5.58 Å². The van der Waals surface area contributed by atoms with Crippen molar-refractivity contribution >= 4 is 34.0 Å². The summed E-state index contributed by atoms with van der Waals surface area (Å²) in [6.07, 6.45) is 1.74. The first-order chi connectivity index (χ1) is 16.4. The second-order valence-corrected chi connectivity index (χ2v) is 9.45. The van der Waals surface area contributed by atoms with Crippen molar-refractivity contribution in [3.05, 3.63) is 75.1 Å². The van der Waals surface area contributed by atoms with Crippen molar-refractivity contribution in [3.8, 4) is 21.6 Å². The number of oxazole rings is 1. The summed E-state index contributed by atoms with van der Waals surface area (Å²) in [5, 5.41) is 0. The first-order valence-electron chi connectivity index (χ1n) is 10.8. The Labute approximate surface area is 198 Å². The molecule has 4 aromatic rings. The molecule has 1 atom stereocenters. The van der Waals surface area contributed by atoms with E-state index in [4.69, 9.17) is 16.7 Å². The molecule has 0 spiro atoms. The van der Waals surface area contributed by atoms with Gasteiger partial charge in [-0.3, -0.25) is 9.36 Å². The minimum absolute atomic E-state index is 0.0448. The summed E-state index contributed by atoms with van der Waals surface area (Å²) in [6, 6.07) is 11.5. The molecule has 0 radical (unpaired) electrons. The zero-order chi connectivity index (χ0) is 24.0. The van der Waals surface area contributed by atoms with Gasteiger partial charge in [-0.05, 0) is 54.3 Å². The fourth-order valence-corrected chi connectivity index (χ4v) is 5.45. The van der Waals surface area contributed by atoms with Gasteiger partial charge in [0.25, 0.3) is 5.91 Å². The van der Waals surface area contributed by atoms with Crippen molar-refractivity contribution < 1.29 is 13.6 Å². The van der Waals surface area contributed by atoms with Crippen LogP contribution in [0.25, 0.3) is 37.5 Å². The lowest BCUT2D eigenvalue weighted by Crippen LogP contribution is -2.45. The number of carbonyl (C=O) groups excluding carboxylic acids is 1. The maximum Gasteiger partial charge on any atom is 0.419 e. The molecule has 1 amide bonds. The number of aromatic nitrogens is 1. The summed E-state index contributed by atoms with van der Waals surface area (Å²) in [5.74, 6) is -1.19. The lowest BCUT2D eigenvalue weighted by atomic mass is 10.0. The van der Waals surface area contributed by atoms with E-state index in [1.165, 1.54) is 28.0 Å². The predicted molar refractivity (Wildman–Crippen MR) is 130 cm³/mol. The van der Waals surface area contributed by atoms with E-state index in [2.05, 4.69) is 4.85 Å². The molecular formula is C25H21FN4O3S. The van der Waals surface area contributed by atoms with Gasteiger partial charge < -0.3 is 15.1 Å². The van der Waals surface area contributed by atoms with Gasteiger partial charge >= 0.3 is 5.76 Å². The fraction of sp³-hybridized carbons (Fsp3) is 0.240. The predicted octanol–water partition coefficient (Wildman–Crippen LogP) is 4.78. The molecule has 9 heteroatoms. The van der Waals surface area contributed by atoms with Crippen molar-refractivity contribution in [1.82, 2.24) is 9.47 Å². The van der Waals surface area contributed by atoms with Crippen LogP contribution in [-0.4, -0.2) is 34.5 Å². The molecule has 1 saturated heterocycles. The summed E-state index contributed by atoms with van der Waals surface area (Å²) >= 11 is 1.31. The second kappa shape index (κ2) is 8.56. The van der Waals surface area contributed by atoms with E-state index in [0.717, 1.165) is 23.3 Å². The van der Waals surface area contributed by atoms with Crippen molar-refractivity contribution in [2.75, 3.05) is 13.1 Å². The Bertz CT molecular complexity index is 1530. The molecule has 1 aliphatic heterocycles. The van der Waals surface area contributed by atoms with Gasteiger partial charge in [0.1, 0.15) is 5.82 Å². The highest BCUT2D eigenvalue weighted by Gasteiger charge is 2.26. The number of aryl methyl sites for hydroxylation is 1. The van der Waals surface area contributed by atoms with Crippen molar-refractivity contribution in [2.24, 2.45) is 12.8 Å². The molecule has 2 aromatic carbocycles. The first-order valence-corrected chi connectivity index (χ1v) is 11.6. The molecule has 34 heavy (non-hydrogen) atoms.